The van der Waals surface area contributed by atoms with Crippen LogP contribution in [0.1, 0.15) is 11.3 Å². The summed E-state index contributed by atoms with van der Waals surface area (Å²) >= 11 is 0. The van der Waals surface area contributed by atoms with Crippen LogP contribution in [0, 0.1) is 0 Å². The van der Waals surface area contributed by atoms with Crippen LogP contribution in [0.4, 0.5) is 5.69 Å². The van der Waals surface area contributed by atoms with Gasteiger partial charge in [0.15, 0.2) is 0 Å². The minimum atomic E-state index is -0.0832. The summed E-state index contributed by atoms with van der Waals surface area (Å²) in [6.45, 7) is 0. The van der Waals surface area contributed by atoms with E-state index in [0.29, 0.717) is 5.57 Å². The van der Waals surface area contributed by atoms with Gasteiger partial charge in [-0.2, -0.15) is 0 Å². The number of amides is 1. The predicted octanol–water partition coefficient (Wildman–Crippen LogP) is 4.24. The molecule has 0 saturated carbocycles. The van der Waals surface area contributed by atoms with Crippen LogP contribution in [-0.2, 0) is 4.79 Å². The highest BCUT2D eigenvalue weighted by molar-refractivity contribution is 6.34. The SMILES string of the molecule is O=C1Nc2ccccc2/C1=C/c1ccc(-c2ccccc2)cn1. The Hall–Kier alpha value is -3.20. The van der Waals surface area contributed by atoms with E-state index in [4.69, 9.17) is 0 Å². The van der Waals surface area contributed by atoms with Gasteiger partial charge >= 0.3 is 0 Å². The summed E-state index contributed by atoms with van der Waals surface area (Å²) in [6.07, 6.45) is 3.66. The molecule has 3 heteroatoms. The van der Waals surface area contributed by atoms with Crippen molar-refractivity contribution >= 4 is 23.2 Å². The molecule has 23 heavy (non-hydrogen) atoms. The van der Waals surface area contributed by atoms with Gasteiger partial charge in [0.05, 0.1) is 11.3 Å². The van der Waals surface area contributed by atoms with E-state index in [1.165, 1.54) is 0 Å². The van der Waals surface area contributed by atoms with E-state index >= 15 is 0 Å². The number of rotatable bonds is 2. The Kier molecular flexibility index (Phi) is 3.24. The minimum absolute atomic E-state index is 0.0832. The van der Waals surface area contributed by atoms with Crippen molar-refractivity contribution in [2.75, 3.05) is 5.32 Å². The predicted molar refractivity (Wildman–Crippen MR) is 92.6 cm³/mol. The lowest BCUT2D eigenvalue weighted by atomic mass is 10.0. The number of nitrogens with one attached hydrogen (secondary N) is 1. The Balaban J connectivity index is 1.68. The van der Waals surface area contributed by atoms with Gasteiger partial charge in [-0.1, -0.05) is 54.6 Å². The normalized spacial score (nSPS) is 14.6. The van der Waals surface area contributed by atoms with Crippen LogP contribution in [0.15, 0.2) is 72.9 Å². The zero-order valence-electron chi connectivity index (χ0n) is 12.4. The molecule has 2 heterocycles. The number of fused-ring (bicyclic) bond motifs is 1. The molecule has 0 bridgehead atoms. The summed E-state index contributed by atoms with van der Waals surface area (Å²) in [7, 11) is 0. The first kappa shape index (κ1) is 13.5. The lowest BCUT2D eigenvalue weighted by Gasteiger charge is -2.02. The van der Waals surface area contributed by atoms with Crippen LogP contribution in [0.2, 0.25) is 0 Å². The van der Waals surface area contributed by atoms with Crippen LogP contribution >= 0.6 is 0 Å². The Morgan fingerprint density at radius 3 is 2.39 bits per heavy atom. The number of nitrogens with zero attached hydrogens (tertiary/aromatic N) is 1. The third-order valence-electron chi connectivity index (χ3n) is 3.90. The third-order valence-corrected chi connectivity index (χ3v) is 3.90. The van der Waals surface area contributed by atoms with Crippen molar-refractivity contribution in [3.63, 3.8) is 0 Å². The van der Waals surface area contributed by atoms with Crippen molar-refractivity contribution in [3.05, 3.63) is 84.2 Å². The fourth-order valence-electron chi connectivity index (χ4n) is 2.72. The lowest BCUT2D eigenvalue weighted by Crippen LogP contribution is -2.03. The summed E-state index contributed by atoms with van der Waals surface area (Å²) in [5.41, 5.74) is 5.38. The molecule has 3 aromatic rings. The molecule has 0 radical (unpaired) electrons. The van der Waals surface area contributed by atoms with Crippen LogP contribution in [0.3, 0.4) is 0 Å². The van der Waals surface area contributed by atoms with Gasteiger partial charge in [0.25, 0.3) is 5.91 Å². The summed E-state index contributed by atoms with van der Waals surface area (Å²) in [6, 6.07) is 21.7. The zero-order chi connectivity index (χ0) is 15.6. The number of anilines is 1. The first-order valence-corrected chi connectivity index (χ1v) is 7.45. The average molecular weight is 298 g/mol. The van der Waals surface area contributed by atoms with Crippen molar-refractivity contribution in [3.8, 4) is 11.1 Å². The quantitative estimate of drug-likeness (QED) is 0.719. The largest absolute Gasteiger partial charge is 0.321 e. The third kappa shape index (κ3) is 2.53. The number of hydrogen-bond acceptors (Lipinski definition) is 2. The monoisotopic (exact) mass is 298 g/mol. The summed E-state index contributed by atoms with van der Waals surface area (Å²) in [5.74, 6) is -0.0832. The molecular weight excluding hydrogens is 284 g/mol. The van der Waals surface area contributed by atoms with Gasteiger partial charge in [0, 0.05) is 23.0 Å². The number of carbonyl (C=O) groups is 1. The van der Waals surface area contributed by atoms with Crippen molar-refractivity contribution in [1.82, 2.24) is 4.98 Å². The molecule has 0 saturated heterocycles. The fourth-order valence-corrected chi connectivity index (χ4v) is 2.72. The molecule has 0 atom stereocenters. The summed E-state index contributed by atoms with van der Waals surface area (Å²) < 4.78 is 0. The second kappa shape index (κ2) is 5.54. The van der Waals surface area contributed by atoms with Crippen LogP contribution in [-0.4, -0.2) is 10.9 Å². The molecule has 0 unspecified atom stereocenters. The molecule has 1 aliphatic rings. The lowest BCUT2D eigenvalue weighted by molar-refractivity contribution is -0.110. The van der Waals surface area contributed by atoms with Gasteiger partial charge in [-0.05, 0) is 23.8 Å². The van der Waals surface area contributed by atoms with E-state index in [-0.39, 0.29) is 5.91 Å². The van der Waals surface area contributed by atoms with Crippen molar-refractivity contribution in [1.29, 1.82) is 0 Å². The first-order chi connectivity index (χ1) is 11.3. The molecular formula is C20H14N2O. The van der Waals surface area contributed by atoms with E-state index < -0.39 is 0 Å². The Morgan fingerprint density at radius 1 is 0.826 bits per heavy atom. The van der Waals surface area contributed by atoms with E-state index in [0.717, 1.165) is 28.1 Å². The van der Waals surface area contributed by atoms with Crippen molar-refractivity contribution in [2.24, 2.45) is 0 Å². The standard InChI is InChI=1S/C20H14N2O/c23-20-18(17-8-4-5-9-19(17)22-20)12-16-11-10-15(13-21-16)14-6-2-1-3-7-14/h1-13H,(H,22,23)/b18-12-. The molecule has 0 fully saturated rings. The number of pyridine rings is 1. The van der Waals surface area contributed by atoms with Gasteiger partial charge in [0.1, 0.15) is 0 Å². The van der Waals surface area contributed by atoms with Crippen LogP contribution in [0.25, 0.3) is 22.8 Å². The van der Waals surface area contributed by atoms with Gasteiger partial charge in [0.2, 0.25) is 0 Å². The smallest absolute Gasteiger partial charge is 0.256 e. The average Bonchev–Trinajstić information content (AvgIpc) is 2.92. The fraction of sp³-hybridized carbons (Fsp3) is 0. The molecule has 0 aliphatic carbocycles. The van der Waals surface area contributed by atoms with Crippen LogP contribution in [0.5, 0.6) is 0 Å². The van der Waals surface area contributed by atoms with E-state index in [2.05, 4.69) is 22.4 Å². The molecule has 1 aromatic heterocycles. The molecule has 110 valence electrons. The highest BCUT2D eigenvalue weighted by Crippen LogP contribution is 2.32. The molecule has 3 nitrogen and oxygen atoms in total. The van der Waals surface area contributed by atoms with E-state index in [9.17, 15) is 4.79 Å². The Bertz CT molecular complexity index is 896. The maximum absolute atomic E-state index is 12.1. The minimum Gasteiger partial charge on any atom is -0.321 e. The highest BCUT2D eigenvalue weighted by Gasteiger charge is 2.23. The highest BCUT2D eigenvalue weighted by atomic mass is 16.2. The number of carbonyl (C=O) groups excluding carboxylic acids is 1. The van der Waals surface area contributed by atoms with Gasteiger partial charge < -0.3 is 5.32 Å². The molecule has 0 spiro atoms. The maximum atomic E-state index is 12.1. The first-order valence-electron chi connectivity index (χ1n) is 7.45. The number of hydrogen-bond donors (Lipinski definition) is 1. The van der Waals surface area contributed by atoms with Gasteiger partial charge in [-0.3, -0.25) is 9.78 Å². The summed E-state index contributed by atoms with van der Waals surface area (Å²) in [5, 5.41) is 2.87. The molecule has 1 N–H and O–H groups in total. The maximum Gasteiger partial charge on any atom is 0.256 e. The topological polar surface area (TPSA) is 42.0 Å². The second-order valence-corrected chi connectivity index (χ2v) is 5.40. The molecule has 1 aliphatic heterocycles. The van der Waals surface area contributed by atoms with E-state index in [1.807, 2.05) is 66.9 Å². The van der Waals surface area contributed by atoms with Crippen LogP contribution < -0.4 is 5.32 Å². The van der Waals surface area contributed by atoms with Crippen molar-refractivity contribution in [2.45, 2.75) is 0 Å². The zero-order valence-corrected chi connectivity index (χ0v) is 12.4. The number of aromatic nitrogens is 1. The Labute approximate surface area is 134 Å². The van der Waals surface area contributed by atoms with Gasteiger partial charge in [-0.25, -0.2) is 0 Å². The van der Waals surface area contributed by atoms with Crippen molar-refractivity contribution < 1.29 is 4.79 Å². The summed E-state index contributed by atoms with van der Waals surface area (Å²) in [4.78, 5) is 16.6. The Morgan fingerprint density at radius 2 is 1.61 bits per heavy atom. The van der Waals surface area contributed by atoms with E-state index in [1.54, 1.807) is 0 Å². The number of para-hydroxylation sites is 1. The molecule has 4 rings (SSSR count). The molecule has 2 aromatic carbocycles. The molecule has 1 amide bonds. The number of benzene rings is 2. The second-order valence-electron chi connectivity index (χ2n) is 5.40. The van der Waals surface area contributed by atoms with Gasteiger partial charge in [-0.15, -0.1) is 0 Å².